The normalized spacial score (nSPS) is 19.8. The zero-order valence-corrected chi connectivity index (χ0v) is 14.5. The number of urea groups is 1. The molecule has 1 aliphatic heterocycles. The molecule has 1 unspecified atom stereocenters. The highest BCUT2D eigenvalue weighted by Gasteiger charge is 2.49. The van der Waals surface area contributed by atoms with Crippen LogP contribution in [-0.4, -0.2) is 28.4 Å². The topological polar surface area (TPSA) is 62.3 Å². The van der Waals surface area contributed by atoms with E-state index in [-0.39, 0.29) is 11.9 Å². The molecule has 1 N–H and O–H groups in total. The lowest BCUT2D eigenvalue weighted by molar-refractivity contribution is -0.131. The number of benzene rings is 2. The van der Waals surface area contributed by atoms with E-state index in [1.807, 2.05) is 60.7 Å². The van der Waals surface area contributed by atoms with Crippen LogP contribution in [0, 0.1) is 0 Å². The summed E-state index contributed by atoms with van der Waals surface area (Å²) in [6.07, 6.45) is 2.24. The number of imide groups is 1. The van der Waals surface area contributed by atoms with Gasteiger partial charge in [-0.2, -0.15) is 0 Å². The van der Waals surface area contributed by atoms with E-state index in [1.165, 1.54) is 4.90 Å². The molecule has 4 rings (SSSR count). The van der Waals surface area contributed by atoms with Crippen molar-refractivity contribution in [2.24, 2.45) is 0 Å². The van der Waals surface area contributed by atoms with Gasteiger partial charge >= 0.3 is 6.03 Å². The number of nitrogens with zero attached hydrogens (tertiary/aromatic N) is 2. The van der Waals surface area contributed by atoms with Gasteiger partial charge in [0, 0.05) is 24.9 Å². The van der Waals surface area contributed by atoms with E-state index in [0.29, 0.717) is 13.0 Å². The summed E-state index contributed by atoms with van der Waals surface area (Å²) < 4.78 is 0. The number of pyridine rings is 1. The van der Waals surface area contributed by atoms with E-state index in [9.17, 15) is 9.59 Å². The Bertz CT molecular complexity index is 981. The van der Waals surface area contributed by atoms with E-state index >= 15 is 0 Å². The van der Waals surface area contributed by atoms with Gasteiger partial charge in [-0.1, -0.05) is 48.5 Å². The highest BCUT2D eigenvalue weighted by atomic mass is 16.2. The second kappa shape index (κ2) is 6.26. The maximum atomic E-state index is 13.1. The first kappa shape index (κ1) is 16.3. The van der Waals surface area contributed by atoms with Crippen LogP contribution in [0.5, 0.6) is 0 Å². The van der Waals surface area contributed by atoms with Gasteiger partial charge in [-0.05, 0) is 35.4 Å². The second-order valence-corrected chi connectivity index (χ2v) is 6.61. The van der Waals surface area contributed by atoms with Crippen molar-refractivity contribution in [3.63, 3.8) is 0 Å². The molecule has 1 saturated heterocycles. The maximum Gasteiger partial charge on any atom is 0.325 e. The number of fused-ring (bicyclic) bond motifs is 1. The lowest BCUT2D eigenvalue weighted by atomic mass is 9.88. The summed E-state index contributed by atoms with van der Waals surface area (Å²) in [5, 5.41) is 4.90. The minimum atomic E-state index is -1.07. The number of hydrogen-bond acceptors (Lipinski definition) is 3. The predicted molar refractivity (Wildman–Crippen MR) is 99.5 cm³/mol. The third-order valence-corrected chi connectivity index (χ3v) is 4.92. The predicted octanol–water partition coefficient (Wildman–Crippen LogP) is 3.24. The average Bonchev–Trinajstić information content (AvgIpc) is 2.90. The monoisotopic (exact) mass is 345 g/mol. The fourth-order valence-corrected chi connectivity index (χ4v) is 3.52. The summed E-state index contributed by atoms with van der Waals surface area (Å²) >= 11 is 0. The summed E-state index contributed by atoms with van der Waals surface area (Å²) in [4.78, 5) is 31.2. The van der Waals surface area contributed by atoms with Crippen molar-refractivity contribution in [3.05, 3.63) is 78.1 Å². The van der Waals surface area contributed by atoms with E-state index in [4.69, 9.17) is 0 Å². The molecule has 1 atom stereocenters. The van der Waals surface area contributed by atoms with E-state index < -0.39 is 5.54 Å². The van der Waals surface area contributed by atoms with Crippen molar-refractivity contribution >= 4 is 22.7 Å². The smallest absolute Gasteiger partial charge is 0.319 e. The lowest BCUT2D eigenvalue weighted by Gasteiger charge is -2.24. The van der Waals surface area contributed by atoms with E-state index in [1.54, 1.807) is 13.1 Å². The minimum absolute atomic E-state index is 0.227. The first-order valence-corrected chi connectivity index (χ1v) is 8.62. The molecular weight excluding hydrogens is 326 g/mol. The van der Waals surface area contributed by atoms with Gasteiger partial charge in [-0.3, -0.25) is 14.7 Å². The van der Waals surface area contributed by atoms with Crippen molar-refractivity contribution < 1.29 is 9.59 Å². The largest absolute Gasteiger partial charge is 0.325 e. The van der Waals surface area contributed by atoms with Gasteiger partial charge in [0.05, 0.1) is 0 Å². The van der Waals surface area contributed by atoms with Gasteiger partial charge in [-0.25, -0.2) is 4.79 Å². The fourth-order valence-electron chi connectivity index (χ4n) is 3.52. The summed E-state index contributed by atoms with van der Waals surface area (Å²) in [6, 6.07) is 19.0. The molecule has 0 saturated carbocycles. The van der Waals surface area contributed by atoms with Gasteiger partial charge < -0.3 is 5.32 Å². The van der Waals surface area contributed by atoms with Crippen LogP contribution in [0.3, 0.4) is 0 Å². The number of aromatic nitrogens is 1. The minimum Gasteiger partial charge on any atom is -0.319 e. The molecule has 0 aliphatic carbocycles. The molecule has 0 radical (unpaired) electrons. The van der Waals surface area contributed by atoms with E-state index in [2.05, 4.69) is 10.3 Å². The van der Waals surface area contributed by atoms with Crippen LogP contribution < -0.4 is 5.32 Å². The first-order valence-electron chi connectivity index (χ1n) is 8.62. The standard InChI is InChI=1S/C21H19N3O2/c1-21(18-11-6-8-15-7-2-3-10-17(15)18)19(25)24(20(26)23-21)14-12-16-9-4-5-13-22-16/h2-11,13H,12,14H2,1H3,(H,23,26). The number of carbonyl (C=O) groups is 2. The molecule has 0 bridgehead atoms. The molecule has 5 nitrogen and oxygen atoms in total. The Morgan fingerprint density at radius 3 is 2.58 bits per heavy atom. The molecule has 3 aromatic rings. The van der Waals surface area contributed by atoms with Crippen LogP contribution in [0.25, 0.3) is 10.8 Å². The Labute approximate surface area is 151 Å². The van der Waals surface area contributed by atoms with Crippen molar-refractivity contribution in [2.45, 2.75) is 18.9 Å². The third kappa shape index (κ3) is 2.62. The van der Waals surface area contributed by atoms with Crippen LogP contribution in [0.2, 0.25) is 0 Å². The Kier molecular flexibility index (Phi) is 3.92. The lowest BCUT2D eigenvalue weighted by Crippen LogP contribution is -2.41. The summed E-state index contributed by atoms with van der Waals surface area (Å²) in [5.74, 6) is -0.227. The van der Waals surface area contributed by atoms with Crippen LogP contribution in [0.15, 0.2) is 66.9 Å². The Morgan fingerprint density at radius 1 is 1.00 bits per heavy atom. The van der Waals surface area contributed by atoms with Crippen molar-refractivity contribution in [3.8, 4) is 0 Å². The number of nitrogens with one attached hydrogen (secondary N) is 1. The number of amides is 3. The molecule has 130 valence electrons. The van der Waals surface area contributed by atoms with Gasteiger partial charge in [0.2, 0.25) is 0 Å². The van der Waals surface area contributed by atoms with Gasteiger partial charge in [-0.15, -0.1) is 0 Å². The Morgan fingerprint density at radius 2 is 1.77 bits per heavy atom. The number of carbonyl (C=O) groups excluding carboxylic acids is 2. The molecule has 26 heavy (non-hydrogen) atoms. The number of hydrogen-bond donors (Lipinski definition) is 1. The molecule has 5 heteroatoms. The molecule has 1 aromatic heterocycles. The van der Waals surface area contributed by atoms with Crippen molar-refractivity contribution in [1.82, 2.24) is 15.2 Å². The molecule has 0 spiro atoms. The van der Waals surface area contributed by atoms with E-state index in [0.717, 1.165) is 22.0 Å². The maximum absolute atomic E-state index is 13.1. The first-order chi connectivity index (χ1) is 12.6. The molecule has 1 aliphatic rings. The van der Waals surface area contributed by atoms with Gasteiger partial charge in [0.15, 0.2) is 0 Å². The zero-order chi connectivity index (χ0) is 18.1. The van der Waals surface area contributed by atoms with Crippen LogP contribution in [0.1, 0.15) is 18.2 Å². The van der Waals surface area contributed by atoms with Crippen molar-refractivity contribution in [2.75, 3.05) is 6.54 Å². The Hall–Kier alpha value is -3.21. The molecule has 1 fully saturated rings. The zero-order valence-electron chi connectivity index (χ0n) is 14.5. The van der Waals surface area contributed by atoms with Gasteiger partial charge in [0.1, 0.15) is 5.54 Å². The van der Waals surface area contributed by atoms with Crippen LogP contribution >= 0.6 is 0 Å². The van der Waals surface area contributed by atoms with Crippen molar-refractivity contribution in [1.29, 1.82) is 0 Å². The molecular formula is C21H19N3O2. The fraction of sp³-hybridized carbons (Fsp3) is 0.190. The summed E-state index contributed by atoms with van der Waals surface area (Å²) in [5.41, 5.74) is 0.600. The average molecular weight is 345 g/mol. The molecule has 3 amide bonds. The highest BCUT2D eigenvalue weighted by Crippen LogP contribution is 2.33. The summed E-state index contributed by atoms with van der Waals surface area (Å²) in [7, 11) is 0. The van der Waals surface area contributed by atoms with Gasteiger partial charge in [0.25, 0.3) is 5.91 Å². The summed E-state index contributed by atoms with van der Waals surface area (Å²) in [6.45, 7) is 2.08. The second-order valence-electron chi connectivity index (χ2n) is 6.61. The SMILES string of the molecule is CC1(c2cccc3ccccc23)NC(=O)N(CCc2ccccn2)C1=O. The third-order valence-electron chi connectivity index (χ3n) is 4.92. The molecule has 2 aromatic carbocycles. The van der Waals surface area contributed by atoms with Crippen LogP contribution in [-0.2, 0) is 16.8 Å². The Balaban J connectivity index is 1.65. The number of rotatable bonds is 4. The highest BCUT2D eigenvalue weighted by molar-refractivity contribution is 6.09. The quantitative estimate of drug-likeness (QED) is 0.739. The van der Waals surface area contributed by atoms with Crippen LogP contribution in [0.4, 0.5) is 4.79 Å². The molecule has 2 heterocycles.